The molecule has 0 aliphatic heterocycles. The summed E-state index contributed by atoms with van der Waals surface area (Å²) < 4.78 is 0. The molecule has 0 saturated heterocycles. The normalized spacial score (nSPS) is 13.3. The van der Waals surface area contributed by atoms with Crippen molar-refractivity contribution >= 4 is 17.5 Å². The summed E-state index contributed by atoms with van der Waals surface area (Å²) in [5.74, 6) is -0.104. The lowest BCUT2D eigenvalue weighted by molar-refractivity contribution is -0.121. The van der Waals surface area contributed by atoms with Gasteiger partial charge < -0.3 is 10.4 Å². The van der Waals surface area contributed by atoms with Crippen LogP contribution in [0.2, 0.25) is 5.02 Å². The van der Waals surface area contributed by atoms with Gasteiger partial charge in [0.05, 0.1) is 12.0 Å². The van der Waals surface area contributed by atoms with Crippen molar-refractivity contribution in [2.75, 3.05) is 6.54 Å². The van der Waals surface area contributed by atoms with E-state index in [4.69, 9.17) is 11.6 Å². The van der Waals surface area contributed by atoms with Gasteiger partial charge in [0.15, 0.2) is 0 Å². The maximum atomic E-state index is 12.0. The van der Waals surface area contributed by atoms with E-state index in [1.165, 1.54) is 5.56 Å². The van der Waals surface area contributed by atoms with Crippen LogP contribution in [-0.2, 0) is 17.6 Å². The summed E-state index contributed by atoms with van der Waals surface area (Å²) in [6.07, 6.45) is 1.66. The zero-order valence-electron chi connectivity index (χ0n) is 13.3. The van der Waals surface area contributed by atoms with E-state index in [1.54, 1.807) is 19.1 Å². The molecule has 2 aromatic rings. The SMILES string of the molecule is CC(O)(CCc1ccccc1)CNC(=O)Cc1ccc(Cl)cc1. The molecule has 1 atom stereocenters. The molecule has 1 amide bonds. The Hall–Kier alpha value is -1.84. The van der Waals surface area contributed by atoms with E-state index in [9.17, 15) is 9.90 Å². The molecule has 122 valence electrons. The Bertz CT molecular complexity index is 624. The van der Waals surface area contributed by atoms with Crippen molar-refractivity contribution in [1.29, 1.82) is 0 Å². The second-order valence-electron chi connectivity index (χ2n) is 6.06. The van der Waals surface area contributed by atoms with Gasteiger partial charge in [-0.15, -0.1) is 0 Å². The van der Waals surface area contributed by atoms with E-state index in [-0.39, 0.29) is 18.9 Å². The summed E-state index contributed by atoms with van der Waals surface area (Å²) in [7, 11) is 0. The van der Waals surface area contributed by atoms with Crippen LogP contribution in [0.15, 0.2) is 54.6 Å². The van der Waals surface area contributed by atoms with E-state index in [0.29, 0.717) is 11.4 Å². The van der Waals surface area contributed by atoms with Gasteiger partial charge in [-0.3, -0.25) is 4.79 Å². The molecule has 23 heavy (non-hydrogen) atoms. The van der Waals surface area contributed by atoms with Gasteiger partial charge in [0, 0.05) is 11.6 Å². The van der Waals surface area contributed by atoms with Crippen molar-refractivity contribution < 1.29 is 9.90 Å². The Morgan fingerprint density at radius 2 is 1.74 bits per heavy atom. The van der Waals surface area contributed by atoms with Crippen molar-refractivity contribution in [3.05, 3.63) is 70.7 Å². The number of halogens is 1. The number of hydrogen-bond acceptors (Lipinski definition) is 2. The number of amides is 1. The van der Waals surface area contributed by atoms with Gasteiger partial charge in [0.1, 0.15) is 0 Å². The maximum absolute atomic E-state index is 12.0. The van der Waals surface area contributed by atoms with Crippen molar-refractivity contribution in [2.24, 2.45) is 0 Å². The lowest BCUT2D eigenvalue weighted by Gasteiger charge is -2.23. The van der Waals surface area contributed by atoms with Crippen molar-refractivity contribution in [3.8, 4) is 0 Å². The molecule has 0 aromatic heterocycles. The lowest BCUT2D eigenvalue weighted by Crippen LogP contribution is -2.41. The summed E-state index contributed by atoms with van der Waals surface area (Å²) in [5, 5.41) is 13.8. The van der Waals surface area contributed by atoms with Gasteiger partial charge in [-0.1, -0.05) is 54.1 Å². The highest BCUT2D eigenvalue weighted by molar-refractivity contribution is 6.30. The van der Waals surface area contributed by atoms with Crippen molar-refractivity contribution in [2.45, 2.75) is 31.8 Å². The van der Waals surface area contributed by atoms with Gasteiger partial charge in [0.2, 0.25) is 5.91 Å². The van der Waals surface area contributed by atoms with Crippen LogP contribution in [0.1, 0.15) is 24.5 Å². The van der Waals surface area contributed by atoms with Gasteiger partial charge in [-0.25, -0.2) is 0 Å². The highest BCUT2D eigenvalue weighted by Crippen LogP contribution is 2.14. The first kappa shape index (κ1) is 17.5. The van der Waals surface area contributed by atoms with Gasteiger partial charge in [-0.2, -0.15) is 0 Å². The molecular formula is C19H22ClNO2. The third-order valence-electron chi connectivity index (χ3n) is 3.74. The molecule has 2 N–H and O–H groups in total. The van der Waals surface area contributed by atoms with Crippen LogP contribution in [0.4, 0.5) is 0 Å². The second-order valence-corrected chi connectivity index (χ2v) is 6.50. The summed E-state index contributed by atoms with van der Waals surface area (Å²) in [6.45, 7) is 1.99. The number of rotatable bonds is 7. The predicted octanol–water partition coefficient (Wildman–Crippen LogP) is 3.38. The molecule has 0 aliphatic rings. The van der Waals surface area contributed by atoms with Crippen LogP contribution in [0.25, 0.3) is 0 Å². The fraction of sp³-hybridized carbons (Fsp3) is 0.316. The number of nitrogens with one attached hydrogen (secondary N) is 1. The number of carbonyl (C=O) groups excluding carboxylic acids is 1. The monoisotopic (exact) mass is 331 g/mol. The maximum Gasteiger partial charge on any atom is 0.224 e. The molecule has 0 radical (unpaired) electrons. The number of aryl methyl sites for hydroxylation is 1. The van der Waals surface area contributed by atoms with Crippen molar-refractivity contribution in [1.82, 2.24) is 5.32 Å². The van der Waals surface area contributed by atoms with E-state index in [0.717, 1.165) is 12.0 Å². The fourth-order valence-corrected chi connectivity index (χ4v) is 2.41. The molecule has 4 heteroatoms. The molecule has 1 unspecified atom stereocenters. The Kier molecular flexibility index (Phi) is 6.20. The third-order valence-corrected chi connectivity index (χ3v) is 3.99. The molecular weight excluding hydrogens is 310 g/mol. The number of benzene rings is 2. The summed E-state index contributed by atoms with van der Waals surface area (Å²) in [5.41, 5.74) is 1.15. The van der Waals surface area contributed by atoms with Gasteiger partial charge in [-0.05, 0) is 43.0 Å². The fourth-order valence-electron chi connectivity index (χ4n) is 2.29. The molecule has 0 aliphatic carbocycles. The minimum Gasteiger partial charge on any atom is -0.388 e. The minimum atomic E-state index is -0.925. The number of hydrogen-bond donors (Lipinski definition) is 2. The van der Waals surface area contributed by atoms with Crippen LogP contribution < -0.4 is 5.32 Å². The minimum absolute atomic E-state index is 0.104. The number of aliphatic hydroxyl groups is 1. The molecule has 0 fully saturated rings. The molecule has 0 heterocycles. The zero-order chi connectivity index (χ0) is 16.7. The van der Waals surface area contributed by atoms with E-state index < -0.39 is 5.60 Å². The van der Waals surface area contributed by atoms with Gasteiger partial charge in [0.25, 0.3) is 0 Å². The lowest BCUT2D eigenvalue weighted by atomic mass is 9.96. The Morgan fingerprint density at radius 3 is 2.39 bits per heavy atom. The number of carbonyl (C=O) groups is 1. The Labute approximate surface area is 142 Å². The van der Waals surface area contributed by atoms with Gasteiger partial charge >= 0.3 is 0 Å². The molecule has 2 rings (SSSR count). The highest BCUT2D eigenvalue weighted by Gasteiger charge is 2.21. The van der Waals surface area contributed by atoms with Crippen LogP contribution in [0, 0.1) is 0 Å². The quantitative estimate of drug-likeness (QED) is 0.817. The average Bonchev–Trinajstić information content (AvgIpc) is 2.55. The topological polar surface area (TPSA) is 49.3 Å². The van der Waals surface area contributed by atoms with E-state index >= 15 is 0 Å². The highest BCUT2D eigenvalue weighted by atomic mass is 35.5. The molecule has 0 bridgehead atoms. The van der Waals surface area contributed by atoms with Crippen LogP contribution in [0.3, 0.4) is 0 Å². The largest absolute Gasteiger partial charge is 0.388 e. The summed E-state index contributed by atoms with van der Waals surface area (Å²) >= 11 is 5.82. The zero-order valence-corrected chi connectivity index (χ0v) is 14.0. The van der Waals surface area contributed by atoms with Crippen molar-refractivity contribution in [3.63, 3.8) is 0 Å². The van der Waals surface area contributed by atoms with Crippen LogP contribution in [0.5, 0.6) is 0 Å². The van der Waals surface area contributed by atoms with E-state index in [2.05, 4.69) is 5.32 Å². The molecule has 0 spiro atoms. The Morgan fingerprint density at radius 1 is 1.09 bits per heavy atom. The Balaban J connectivity index is 1.76. The molecule has 2 aromatic carbocycles. The third kappa shape index (κ3) is 6.43. The first-order chi connectivity index (χ1) is 10.9. The summed E-state index contributed by atoms with van der Waals surface area (Å²) in [4.78, 5) is 12.0. The second kappa shape index (κ2) is 8.14. The summed E-state index contributed by atoms with van der Waals surface area (Å²) in [6, 6.07) is 17.2. The first-order valence-electron chi connectivity index (χ1n) is 7.72. The van der Waals surface area contributed by atoms with Crippen LogP contribution in [-0.4, -0.2) is 23.2 Å². The van der Waals surface area contributed by atoms with Crippen LogP contribution >= 0.6 is 11.6 Å². The van der Waals surface area contributed by atoms with E-state index in [1.807, 2.05) is 42.5 Å². The predicted molar refractivity (Wildman–Crippen MR) is 93.6 cm³/mol. The first-order valence-corrected chi connectivity index (χ1v) is 8.10. The standard InChI is InChI=1S/C19H22ClNO2/c1-19(23,12-11-15-5-3-2-4-6-15)14-21-18(22)13-16-7-9-17(20)10-8-16/h2-10,23H,11-14H2,1H3,(H,21,22). The molecule has 0 saturated carbocycles. The molecule has 3 nitrogen and oxygen atoms in total. The average molecular weight is 332 g/mol. The smallest absolute Gasteiger partial charge is 0.224 e.